The lowest BCUT2D eigenvalue weighted by Gasteiger charge is -2.26. The van der Waals surface area contributed by atoms with Crippen molar-refractivity contribution in [2.24, 2.45) is 5.92 Å². The minimum atomic E-state index is -3.58. The summed E-state index contributed by atoms with van der Waals surface area (Å²) in [5, 5.41) is -0.101. The number of amides is 1. The lowest BCUT2D eigenvalue weighted by atomic mass is 9.87. The first-order chi connectivity index (χ1) is 11.4. The highest BCUT2D eigenvalue weighted by atomic mass is 32.2. The number of carbonyl (C=O) groups excluding carboxylic acids is 1. The zero-order valence-corrected chi connectivity index (χ0v) is 15.7. The molecule has 1 amide bonds. The summed E-state index contributed by atoms with van der Waals surface area (Å²) in [6.45, 7) is 2.02. The van der Waals surface area contributed by atoms with Crippen molar-refractivity contribution in [3.63, 3.8) is 0 Å². The molecule has 0 radical (unpaired) electrons. The molecule has 0 bridgehead atoms. The normalized spacial score (nSPS) is 19.4. The molecule has 0 unspecified atom stereocenters. The number of sulfonamides is 1. The van der Waals surface area contributed by atoms with Gasteiger partial charge in [0.15, 0.2) is 5.13 Å². The number of nitrogens with two attached hydrogens (primary N) is 1. The number of aryl methyl sites for hydroxylation is 1. The van der Waals surface area contributed by atoms with Gasteiger partial charge < -0.3 is 5.73 Å². The number of nitrogen functional groups attached to an aromatic ring is 1. The van der Waals surface area contributed by atoms with E-state index < -0.39 is 21.2 Å². The van der Waals surface area contributed by atoms with Crippen LogP contribution in [0.3, 0.4) is 0 Å². The average Bonchev–Trinajstić information content (AvgIpc) is 3.34. The predicted molar refractivity (Wildman–Crippen MR) is 95.4 cm³/mol. The Hall–Kier alpha value is -1.15. The molecular weight excluding hydrogens is 346 g/mol. The standard InChI is InChI=1S/C16H25N3O3S2/c1-11-14(18-16(17)23-11)15(20)19(24(21,22)13-7-8-13)10-9-12-5-3-2-4-6-12/h12-13H,2-10H2,1H3,(H2,17,18). The smallest absolute Gasteiger partial charge is 0.287 e. The molecule has 1 heterocycles. The maximum atomic E-state index is 12.9. The molecule has 2 fully saturated rings. The first kappa shape index (κ1) is 17.7. The van der Waals surface area contributed by atoms with Crippen molar-refractivity contribution in [2.75, 3.05) is 12.3 Å². The molecule has 0 aliphatic heterocycles. The predicted octanol–water partition coefficient (Wildman–Crippen LogP) is 2.94. The van der Waals surface area contributed by atoms with Crippen LogP contribution in [0, 0.1) is 12.8 Å². The Kier molecular flexibility index (Phi) is 5.15. The number of rotatable bonds is 6. The zero-order chi connectivity index (χ0) is 17.3. The largest absolute Gasteiger partial charge is 0.375 e. The van der Waals surface area contributed by atoms with E-state index in [-0.39, 0.29) is 12.2 Å². The van der Waals surface area contributed by atoms with E-state index in [0.29, 0.717) is 28.8 Å². The quantitative estimate of drug-likeness (QED) is 0.830. The summed E-state index contributed by atoms with van der Waals surface area (Å²) in [6.07, 6.45) is 7.97. The number of thiazole rings is 1. The fraction of sp³-hybridized carbons (Fsp3) is 0.750. The minimum Gasteiger partial charge on any atom is -0.375 e. The zero-order valence-electron chi connectivity index (χ0n) is 14.0. The van der Waals surface area contributed by atoms with Gasteiger partial charge in [0.25, 0.3) is 5.91 Å². The van der Waals surface area contributed by atoms with Crippen molar-refractivity contribution in [3.05, 3.63) is 10.6 Å². The van der Waals surface area contributed by atoms with Crippen LogP contribution in [0.4, 0.5) is 5.13 Å². The highest BCUT2D eigenvalue weighted by Crippen LogP contribution is 2.34. The van der Waals surface area contributed by atoms with Crippen LogP contribution in [0.2, 0.25) is 0 Å². The summed E-state index contributed by atoms with van der Waals surface area (Å²) in [5.41, 5.74) is 5.86. The Morgan fingerprint density at radius 1 is 1.25 bits per heavy atom. The number of anilines is 1. The van der Waals surface area contributed by atoms with Gasteiger partial charge in [-0.15, -0.1) is 11.3 Å². The molecule has 0 aromatic carbocycles. The number of aromatic nitrogens is 1. The fourth-order valence-corrected chi connectivity index (χ4v) is 5.85. The van der Waals surface area contributed by atoms with E-state index in [4.69, 9.17) is 5.73 Å². The van der Waals surface area contributed by atoms with Crippen LogP contribution in [-0.4, -0.2) is 35.4 Å². The lowest BCUT2D eigenvalue weighted by Crippen LogP contribution is -2.40. The summed E-state index contributed by atoms with van der Waals surface area (Å²) in [7, 11) is -3.58. The topological polar surface area (TPSA) is 93.4 Å². The lowest BCUT2D eigenvalue weighted by molar-refractivity contribution is 0.0848. The van der Waals surface area contributed by atoms with Gasteiger partial charge in [0, 0.05) is 11.4 Å². The van der Waals surface area contributed by atoms with E-state index in [1.54, 1.807) is 6.92 Å². The van der Waals surface area contributed by atoms with Gasteiger partial charge in [0.2, 0.25) is 10.0 Å². The summed E-state index contributed by atoms with van der Waals surface area (Å²) in [5.74, 6) is 0.00760. The van der Waals surface area contributed by atoms with Crippen LogP contribution >= 0.6 is 11.3 Å². The molecule has 2 aliphatic rings. The van der Waals surface area contributed by atoms with Crippen LogP contribution < -0.4 is 5.73 Å². The van der Waals surface area contributed by atoms with Gasteiger partial charge in [0.1, 0.15) is 5.69 Å². The molecule has 2 N–H and O–H groups in total. The van der Waals surface area contributed by atoms with Crippen LogP contribution in [0.5, 0.6) is 0 Å². The molecular formula is C16H25N3O3S2. The maximum Gasteiger partial charge on any atom is 0.287 e. The molecule has 8 heteroatoms. The van der Waals surface area contributed by atoms with Gasteiger partial charge >= 0.3 is 0 Å². The van der Waals surface area contributed by atoms with E-state index in [0.717, 1.165) is 23.6 Å². The van der Waals surface area contributed by atoms with E-state index >= 15 is 0 Å². The average molecular weight is 372 g/mol. The molecule has 0 saturated heterocycles. The summed E-state index contributed by atoms with van der Waals surface area (Å²) in [6, 6.07) is 0. The maximum absolute atomic E-state index is 12.9. The Labute approximate surface area is 147 Å². The van der Waals surface area contributed by atoms with Crippen LogP contribution in [-0.2, 0) is 10.0 Å². The molecule has 3 rings (SSSR count). The van der Waals surface area contributed by atoms with Gasteiger partial charge in [-0.3, -0.25) is 4.79 Å². The monoisotopic (exact) mass is 371 g/mol. The third-order valence-electron chi connectivity index (χ3n) is 4.96. The van der Waals surface area contributed by atoms with E-state index in [2.05, 4.69) is 4.98 Å². The van der Waals surface area contributed by atoms with E-state index in [9.17, 15) is 13.2 Å². The molecule has 2 aliphatic carbocycles. The summed E-state index contributed by atoms with van der Waals surface area (Å²) in [4.78, 5) is 17.6. The Bertz CT molecular complexity index is 704. The van der Waals surface area contributed by atoms with Gasteiger partial charge in [-0.25, -0.2) is 17.7 Å². The van der Waals surface area contributed by atoms with Gasteiger partial charge in [0.05, 0.1) is 5.25 Å². The Morgan fingerprint density at radius 3 is 2.46 bits per heavy atom. The first-order valence-electron chi connectivity index (χ1n) is 8.68. The highest BCUT2D eigenvalue weighted by molar-refractivity contribution is 7.90. The Balaban J connectivity index is 1.79. The van der Waals surface area contributed by atoms with Crippen LogP contribution in [0.15, 0.2) is 0 Å². The van der Waals surface area contributed by atoms with Crippen LogP contribution in [0.1, 0.15) is 66.7 Å². The molecule has 1 aromatic heterocycles. The number of nitrogens with zero attached hydrogens (tertiary/aromatic N) is 2. The fourth-order valence-electron chi connectivity index (χ4n) is 3.40. The molecule has 24 heavy (non-hydrogen) atoms. The van der Waals surface area contributed by atoms with E-state index in [1.807, 2.05) is 0 Å². The van der Waals surface area contributed by atoms with Crippen molar-refractivity contribution in [1.82, 2.24) is 9.29 Å². The second-order valence-electron chi connectivity index (χ2n) is 6.87. The van der Waals surface area contributed by atoms with Crippen LogP contribution in [0.25, 0.3) is 0 Å². The van der Waals surface area contributed by atoms with Crippen molar-refractivity contribution in [2.45, 2.75) is 63.5 Å². The Morgan fingerprint density at radius 2 is 1.92 bits per heavy atom. The summed E-state index contributed by atoms with van der Waals surface area (Å²) >= 11 is 1.22. The molecule has 134 valence electrons. The summed E-state index contributed by atoms with van der Waals surface area (Å²) < 4.78 is 26.6. The minimum absolute atomic E-state index is 0.186. The molecule has 6 nitrogen and oxygen atoms in total. The second-order valence-corrected chi connectivity index (χ2v) is 10.2. The molecule has 0 atom stereocenters. The van der Waals surface area contributed by atoms with Gasteiger partial charge in [-0.05, 0) is 32.1 Å². The molecule has 2 saturated carbocycles. The van der Waals surface area contributed by atoms with Gasteiger partial charge in [-0.2, -0.15) is 0 Å². The number of hydrogen-bond acceptors (Lipinski definition) is 6. The molecule has 1 aromatic rings. The van der Waals surface area contributed by atoms with Gasteiger partial charge in [-0.1, -0.05) is 32.1 Å². The second kappa shape index (κ2) is 7.00. The number of hydrogen-bond donors (Lipinski definition) is 1. The van der Waals surface area contributed by atoms with Crippen molar-refractivity contribution < 1.29 is 13.2 Å². The SMILES string of the molecule is Cc1sc(N)nc1C(=O)N(CCC1CCCCC1)S(=O)(=O)C1CC1. The third kappa shape index (κ3) is 3.74. The highest BCUT2D eigenvalue weighted by Gasteiger charge is 2.43. The first-order valence-corrected chi connectivity index (χ1v) is 11.0. The van der Waals surface area contributed by atoms with E-state index in [1.165, 1.54) is 30.6 Å². The number of carbonyl (C=O) groups is 1. The van der Waals surface area contributed by atoms with Crippen molar-refractivity contribution >= 4 is 32.4 Å². The third-order valence-corrected chi connectivity index (χ3v) is 8.04. The van der Waals surface area contributed by atoms with Crippen molar-refractivity contribution in [1.29, 1.82) is 0 Å². The van der Waals surface area contributed by atoms with Crippen molar-refractivity contribution in [3.8, 4) is 0 Å². The molecule has 0 spiro atoms.